The van der Waals surface area contributed by atoms with Crippen molar-refractivity contribution in [2.45, 2.75) is 47.5 Å². The van der Waals surface area contributed by atoms with Crippen molar-refractivity contribution in [2.75, 3.05) is 37.0 Å². The number of aliphatic hydroxyl groups excluding tert-OH is 1. The number of hydrogen-bond acceptors (Lipinski definition) is 8. The van der Waals surface area contributed by atoms with Gasteiger partial charge in [-0.15, -0.1) is 0 Å². The monoisotopic (exact) mass is 614 g/mol. The summed E-state index contributed by atoms with van der Waals surface area (Å²) in [5.74, 6) is -0.325. The first-order valence-electron chi connectivity index (χ1n) is 15.2. The summed E-state index contributed by atoms with van der Waals surface area (Å²) >= 11 is 0. The van der Waals surface area contributed by atoms with Gasteiger partial charge in [-0.2, -0.15) is 0 Å². The molecule has 0 saturated heterocycles. The lowest BCUT2D eigenvalue weighted by molar-refractivity contribution is 0.301. The predicted octanol–water partition coefficient (Wildman–Crippen LogP) is 8.03. The normalized spacial score (nSPS) is 10.8. The Hall–Kier alpha value is -4.70. The molecule has 0 amide bonds. The summed E-state index contributed by atoms with van der Waals surface area (Å²) in [7, 11) is 1.55. The van der Waals surface area contributed by atoms with Crippen molar-refractivity contribution >= 4 is 28.1 Å². The third-order valence-electron chi connectivity index (χ3n) is 7.31. The SMILES string of the molecule is CC.CCCCN(CCO)c1cc(Nc2c(C)c(-c3ccc(C)nc3)nc3cc(F)cc(F)c23)c(-c2ccc(OC)nc2)cn1. The summed E-state index contributed by atoms with van der Waals surface area (Å²) in [6, 6.07) is 11.4. The molecule has 0 fully saturated rings. The van der Waals surface area contributed by atoms with Crippen molar-refractivity contribution in [1.29, 1.82) is 0 Å². The van der Waals surface area contributed by atoms with E-state index in [4.69, 9.17) is 9.72 Å². The van der Waals surface area contributed by atoms with Gasteiger partial charge in [0.15, 0.2) is 0 Å². The van der Waals surface area contributed by atoms with E-state index in [0.29, 0.717) is 53.0 Å². The quantitative estimate of drug-likeness (QED) is 0.154. The summed E-state index contributed by atoms with van der Waals surface area (Å²) in [6.45, 7) is 10.9. The van der Waals surface area contributed by atoms with Crippen LogP contribution in [0.25, 0.3) is 33.3 Å². The first-order chi connectivity index (χ1) is 21.8. The van der Waals surface area contributed by atoms with Crippen LogP contribution < -0.4 is 15.0 Å². The molecule has 236 valence electrons. The number of aromatic nitrogens is 4. The van der Waals surface area contributed by atoms with Gasteiger partial charge in [0, 0.05) is 78.3 Å². The molecule has 0 aliphatic rings. The van der Waals surface area contributed by atoms with E-state index >= 15 is 4.39 Å². The highest BCUT2D eigenvalue weighted by Crippen LogP contribution is 2.40. The van der Waals surface area contributed by atoms with E-state index in [2.05, 4.69) is 27.2 Å². The van der Waals surface area contributed by atoms with E-state index in [1.165, 1.54) is 6.07 Å². The average molecular weight is 615 g/mol. The Morgan fingerprint density at radius 1 is 0.911 bits per heavy atom. The highest BCUT2D eigenvalue weighted by Gasteiger charge is 2.21. The van der Waals surface area contributed by atoms with Crippen molar-refractivity contribution in [3.8, 4) is 28.3 Å². The van der Waals surface area contributed by atoms with Gasteiger partial charge in [0.25, 0.3) is 0 Å². The van der Waals surface area contributed by atoms with Gasteiger partial charge in [-0.3, -0.25) is 4.98 Å². The van der Waals surface area contributed by atoms with Gasteiger partial charge in [-0.05, 0) is 44.0 Å². The fraction of sp³-hybridized carbons (Fsp3) is 0.314. The van der Waals surface area contributed by atoms with E-state index in [1.54, 1.807) is 31.8 Å². The number of fused-ring (bicyclic) bond motifs is 1. The molecular formula is C35H40F2N6O2. The van der Waals surface area contributed by atoms with Crippen LogP contribution in [0.3, 0.4) is 0 Å². The van der Waals surface area contributed by atoms with Crippen molar-refractivity contribution < 1.29 is 18.6 Å². The van der Waals surface area contributed by atoms with E-state index in [-0.39, 0.29) is 17.5 Å². The highest BCUT2D eigenvalue weighted by molar-refractivity contribution is 5.99. The maximum Gasteiger partial charge on any atom is 0.212 e. The molecule has 0 radical (unpaired) electrons. The minimum Gasteiger partial charge on any atom is -0.481 e. The zero-order chi connectivity index (χ0) is 32.5. The fourth-order valence-corrected chi connectivity index (χ4v) is 5.01. The smallest absolute Gasteiger partial charge is 0.212 e. The van der Waals surface area contributed by atoms with Crippen LogP contribution in [0.15, 0.2) is 61.1 Å². The Kier molecular flexibility index (Phi) is 11.3. The van der Waals surface area contributed by atoms with Crippen molar-refractivity contribution in [2.24, 2.45) is 0 Å². The summed E-state index contributed by atoms with van der Waals surface area (Å²) in [6.07, 6.45) is 7.03. The number of aliphatic hydroxyl groups is 1. The molecule has 0 spiro atoms. The minimum atomic E-state index is -0.728. The number of ether oxygens (including phenoxy) is 1. The van der Waals surface area contributed by atoms with Gasteiger partial charge in [0.1, 0.15) is 17.5 Å². The predicted molar refractivity (Wildman–Crippen MR) is 177 cm³/mol. The van der Waals surface area contributed by atoms with Crippen LogP contribution in [0.5, 0.6) is 5.88 Å². The standard InChI is InChI=1S/C33H34F2N6O2.C2H6/c1-5-6-11-41(12-13-42)29-16-27(25(19-37-29)22-9-10-30(43-4)38-17-22)39-33-21(3)32(23-8-7-20(2)36-18-23)40-28-15-24(34)14-26(35)31(28)33;1-2/h7-10,14-19,42H,5-6,11-13H2,1-4H3,(H,37,39,40);1-2H3. The van der Waals surface area contributed by atoms with E-state index in [1.807, 2.05) is 56.9 Å². The van der Waals surface area contributed by atoms with Gasteiger partial charge >= 0.3 is 0 Å². The summed E-state index contributed by atoms with van der Waals surface area (Å²) in [4.78, 5) is 20.2. The van der Waals surface area contributed by atoms with Crippen LogP contribution in [0.2, 0.25) is 0 Å². The number of halogens is 2. The average Bonchev–Trinajstić information content (AvgIpc) is 3.05. The van der Waals surface area contributed by atoms with Gasteiger partial charge in [0.2, 0.25) is 5.88 Å². The molecular weight excluding hydrogens is 574 g/mol. The van der Waals surface area contributed by atoms with E-state index in [0.717, 1.165) is 35.7 Å². The Morgan fingerprint density at radius 3 is 2.31 bits per heavy atom. The molecule has 4 heterocycles. The number of nitrogens with zero attached hydrogens (tertiary/aromatic N) is 5. The fourth-order valence-electron chi connectivity index (χ4n) is 5.01. The Bertz CT molecular complexity index is 1730. The van der Waals surface area contributed by atoms with Crippen LogP contribution in [0.4, 0.5) is 26.0 Å². The molecule has 5 rings (SSSR count). The third kappa shape index (κ3) is 7.51. The molecule has 2 N–H and O–H groups in total. The molecule has 0 atom stereocenters. The number of rotatable bonds is 11. The maximum atomic E-state index is 15.5. The molecule has 0 aliphatic heterocycles. The molecule has 0 unspecified atom stereocenters. The molecule has 4 aromatic heterocycles. The topological polar surface area (TPSA) is 96.3 Å². The Labute approximate surface area is 263 Å². The van der Waals surface area contributed by atoms with Crippen LogP contribution in [0, 0.1) is 25.5 Å². The molecule has 8 nitrogen and oxygen atoms in total. The summed E-state index contributed by atoms with van der Waals surface area (Å²) in [5, 5.41) is 13.4. The molecule has 5 aromatic rings. The third-order valence-corrected chi connectivity index (χ3v) is 7.31. The van der Waals surface area contributed by atoms with Crippen LogP contribution >= 0.6 is 0 Å². The number of unbranched alkanes of at least 4 members (excludes halogenated alkanes) is 1. The summed E-state index contributed by atoms with van der Waals surface area (Å²) < 4.78 is 35.2. The number of anilines is 3. The largest absolute Gasteiger partial charge is 0.481 e. The maximum absolute atomic E-state index is 15.5. The van der Waals surface area contributed by atoms with Crippen molar-refractivity contribution in [3.63, 3.8) is 0 Å². The molecule has 0 aliphatic carbocycles. The number of methoxy groups -OCH3 is 1. The first kappa shape index (κ1) is 33.2. The molecule has 0 saturated carbocycles. The minimum absolute atomic E-state index is 0.0306. The first-order valence-corrected chi connectivity index (χ1v) is 15.2. The number of hydrogen-bond donors (Lipinski definition) is 2. The second-order valence-corrected chi connectivity index (χ2v) is 10.3. The van der Waals surface area contributed by atoms with Gasteiger partial charge in [-0.1, -0.05) is 27.2 Å². The zero-order valence-electron chi connectivity index (χ0n) is 26.7. The lowest BCUT2D eigenvalue weighted by Crippen LogP contribution is -2.28. The molecule has 45 heavy (non-hydrogen) atoms. The Morgan fingerprint density at radius 2 is 1.67 bits per heavy atom. The van der Waals surface area contributed by atoms with Crippen LogP contribution in [0.1, 0.15) is 44.9 Å². The number of nitrogens with one attached hydrogen (secondary N) is 1. The second-order valence-electron chi connectivity index (χ2n) is 10.3. The van der Waals surface area contributed by atoms with E-state index < -0.39 is 11.6 Å². The van der Waals surface area contributed by atoms with Gasteiger partial charge in [0.05, 0.1) is 41.7 Å². The second kappa shape index (κ2) is 15.3. The zero-order valence-corrected chi connectivity index (χ0v) is 26.7. The molecule has 10 heteroatoms. The number of aryl methyl sites for hydroxylation is 1. The van der Waals surface area contributed by atoms with Gasteiger partial charge < -0.3 is 20.1 Å². The lowest BCUT2D eigenvalue weighted by Gasteiger charge is -2.25. The van der Waals surface area contributed by atoms with Gasteiger partial charge in [-0.25, -0.2) is 23.7 Å². The molecule has 0 bridgehead atoms. The van der Waals surface area contributed by atoms with Crippen LogP contribution in [-0.2, 0) is 0 Å². The van der Waals surface area contributed by atoms with Crippen molar-refractivity contribution in [3.05, 3.63) is 83.9 Å². The number of benzene rings is 1. The summed E-state index contributed by atoms with van der Waals surface area (Å²) in [5.41, 5.74) is 5.51. The van der Waals surface area contributed by atoms with E-state index in [9.17, 15) is 9.50 Å². The number of pyridine rings is 4. The highest BCUT2D eigenvalue weighted by atomic mass is 19.1. The van der Waals surface area contributed by atoms with Crippen molar-refractivity contribution in [1.82, 2.24) is 19.9 Å². The van der Waals surface area contributed by atoms with Crippen LogP contribution in [-0.4, -0.2) is 51.8 Å². The Balaban J connectivity index is 0.00000226. The molecule has 1 aromatic carbocycles. The lowest BCUT2D eigenvalue weighted by atomic mass is 10.0.